The Morgan fingerprint density at radius 2 is 1.90 bits per heavy atom. The van der Waals surface area contributed by atoms with E-state index < -0.39 is 10.0 Å². The van der Waals surface area contributed by atoms with Crippen molar-refractivity contribution in [1.82, 2.24) is 4.90 Å². The molecule has 0 aliphatic carbocycles. The highest BCUT2D eigenvalue weighted by atomic mass is 32.2. The Morgan fingerprint density at radius 3 is 2.63 bits per heavy atom. The van der Waals surface area contributed by atoms with Gasteiger partial charge in [0.15, 0.2) is 11.5 Å². The second kappa shape index (κ2) is 8.35. The molecule has 2 heterocycles. The van der Waals surface area contributed by atoms with Gasteiger partial charge in [-0.1, -0.05) is 6.07 Å². The van der Waals surface area contributed by atoms with Gasteiger partial charge in [-0.05, 0) is 54.8 Å². The zero-order valence-corrected chi connectivity index (χ0v) is 17.4. The maximum absolute atomic E-state index is 12.5. The summed E-state index contributed by atoms with van der Waals surface area (Å²) in [5, 5.41) is 2.79. The number of hydrogen-bond donors (Lipinski definition) is 1. The number of rotatable bonds is 6. The average Bonchev–Trinajstić information content (AvgIpc) is 3.35. The lowest BCUT2D eigenvalue weighted by molar-refractivity contribution is -0.116. The molecule has 1 saturated heterocycles. The van der Waals surface area contributed by atoms with Crippen LogP contribution >= 0.6 is 0 Å². The highest BCUT2D eigenvalue weighted by molar-refractivity contribution is 7.90. The first-order valence-electron chi connectivity index (χ1n) is 9.74. The molecule has 2 aromatic rings. The van der Waals surface area contributed by atoms with Crippen LogP contribution < -0.4 is 14.8 Å². The van der Waals surface area contributed by atoms with E-state index in [1.54, 1.807) is 12.1 Å². The fourth-order valence-corrected chi connectivity index (χ4v) is 4.48. The molecule has 2 aliphatic rings. The fraction of sp³-hybridized carbons (Fsp3) is 0.333. The molecule has 0 spiro atoms. The third-order valence-corrected chi connectivity index (χ3v) is 6.39. The van der Waals surface area contributed by atoms with Gasteiger partial charge in [0.1, 0.15) is 5.84 Å². The van der Waals surface area contributed by atoms with Gasteiger partial charge in [0.05, 0.1) is 4.90 Å². The monoisotopic (exact) mass is 429 g/mol. The van der Waals surface area contributed by atoms with Gasteiger partial charge in [0.25, 0.3) is 10.0 Å². The number of aryl methyl sites for hydroxylation is 1. The van der Waals surface area contributed by atoms with Gasteiger partial charge in [0, 0.05) is 32.1 Å². The highest BCUT2D eigenvalue weighted by Gasteiger charge is 2.20. The first-order valence-corrected chi connectivity index (χ1v) is 11.2. The molecule has 0 unspecified atom stereocenters. The summed E-state index contributed by atoms with van der Waals surface area (Å²) >= 11 is 0. The van der Waals surface area contributed by atoms with Gasteiger partial charge >= 0.3 is 0 Å². The molecule has 1 N–H and O–H groups in total. The van der Waals surface area contributed by atoms with E-state index in [0.717, 1.165) is 18.5 Å². The number of nitrogens with zero attached hydrogens (tertiary/aromatic N) is 2. The van der Waals surface area contributed by atoms with Crippen LogP contribution in [0.5, 0.6) is 11.5 Å². The van der Waals surface area contributed by atoms with Crippen molar-refractivity contribution in [2.45, 2.75) is 30.6 Å². The summed E-state index contributed by atoms with van der Waals surface area (Å²) in [5.41, 5.74) is 1.52. The molecule has 0 aromatic heterocycles. The van der Waals surface area contributed by atoms with Gasteiger partial charge in [-0.3, -0.25) is 4.79 Å². The fourth-order valence-electron chi connectivity index (χ4n) is 3.39. The number of fused-ring (bicyclic) bond motifs is 1. The molecule has 0 atom stereocenters. The van der Waals surface area contributed by atoms with Crippen LogP contribution in [-0.2, 0) is 21.2 Å². The Bertz CT molecular complexity index is 1080. The molecule has 1 fully saturated rings. The molecule has 8 nitrogen and oxygen atoms in total. The van der Waals surface area contributed by atoms with Crippen LogP contribution in [0.25, 0.3) is 0 Å². The third kappa shape index (κ3) is 4.56. The minimum Gasteiger partial charge on any atom is -0.454 e. The topological polar surface area (TPSA) is 97.3 Å². The number of nitrogens with one attached hydrogen (secondary N) is 1. The zero-order chi connectivity index (χ0) is 21.1. The molecule has 158 valence electrons. The van der Waals surface area contributed by atoms with E-state index >= 15 is 0 Å². The summed E-state index contributed by atoms with van der Waals surface area (Å²) in [7, 11) is -1.92. The summed E-state index contributed by atoms with van der Waals surface area (Å²) in [6.07, 6.45) is 2.41. The Hall–Kier alpha value is -3.07. The van der Waals surface area contributed by atoms with Crippen molar-refractivity contribution in [2.24, 2.45) is 4.40 Å². The number of likely N-dealkylation sites (tertiary alicyclic amines) is 1. The van der Waals surface area contributed by atoms with E-state index in [9.17, 15) is 13.2 Å². The number of carbonyl (C=O) groups excluding carboxylic acids is 1. The van der Waals surface area contributed by atoms with E-state index in [1.807, 2.05) is 30.1 Å². The molecule has 9 heteroatoms. The van der Waals surface area contributed by atoms with Crippen molar-refractivity contribution < 1.29 is 22.7 Å². The normalized spacial score (nSPS) is 16.8. The Balaban J connectivity index is 1.34. The SMILES string of the molecule is CN1CCCC1=NS(=O)(=O)c1ccc(NC(=O)CCc2ccc3c(c2)OCO3)cc1. The average molecular weight is 429 g/mol. The molecular weight excluding hydrogens is 406 g/mol. The molecule has 1 amide bonds. The number of hydrogen-bond acceptors (Lipinski definition) is 5. The van der Waals surface area contributed by atoms with Gasteiger partial charge in [0.2, 0.25) is 12.7 Å². The minimum absolute atomic E-state index is 0.105. The predicted molar refractivity (Wildman–Crippen MR) is 112 cm³/mol. The quantitative estimate of drug-likeness (QED) is 0.758. The standard InChI is InChI=1S/C21H23N3O5S/c1-24-12-2-3-20(24)23-30(26,27)17-8-6-16(7-9-17)22-21(25)11-5-15-4-10-18-19(13-15)29-14-28-18/h4,6-10,13H,2-3,5,11-12,14H2,1H3,(H,22,25). The van der Waals surface area contributed by atoms with Crippen LogP contribution in [0.15, 0.2) is 51.8 Å². The van der Waals surface area contributed by atoms with Crippen LogP contribution in [0.3, 0.4) is 0 Å². The van der Waals surface area contributed by atoms with Crippen molar-refractivity contribution in [3.8, 4) is 11.5 Å². The van der Waals surface area contributed by atoms with Crippen molar-refractivity contribution in [3.63, 3.8) is 0 Å². The summed E-state index contributed by atoms with van der Waals surface area (Å²) < 4.78 is 39.5. The number of ether oxygens (including phenoxy) is 2. The minimum atomic E-state index is -3.76. The van der Waals surface area contributed by atoms with Gasteiger partial charge in [-0.15, -0.1) is 4.40 Å². The molecule has 2 aromatic carbocycles. The molecule has 30 heavy (non-hydrogen) atoms. The maximum Gasteiger partial charge on any atom is 0.283 e. The molecule has 0 bridgehead atoms. The second-order valence-electron chi connectivity index (χ2n) is 7.27. The lowest BCUT2D eigenvalue weighted by atomic mass is 10.1. The first kappa shape index (κ1) is 20.2. The number of anilines is 1. The highest BCUT2D eigenvalue weighted by Crippen LogP contribution is 2.32. The van der Waals surface area contributed by atoms with Crippen LogP contribution in [-0.4, -0.2) is 45.4 Å². The summed E-state index contributed by atoms with van der Waals surface area (Å²) in [4.78, 5) is 14.2. The third-order valence-electron chi connectivity index (χ3n) is 5.07. The van der Waals surface area contributed by atoms with E-state index in [0.29, 0.717) is 42.3 Å². The van der Waals surface area contributed by atoms with Crippen LogP contribution in [0.1, 0.15) is 24.8 Å². The Morgan fingerprint density at radius 1 is 1.13 bits per heavy atom. The maximum atomic E-state index is 12.5. The predicted octanol–water partition coefficient (Wildman–Crippen LogP) is 2.80. The molecular formula is C21H23N3O5S. The van der Waals surface area contributed by atoms with Crippen LogP contribution in [0.4, 0.5) is 5.69 Å². The smallest absolute Gasteiger partial charge is 0.283 e. The van der Waals surface area contributed by atoms with Gasteiger partial charge in [-0.2, -0.15) is 8.42 Å². The van der Waals surface area contributed by atoms with Gasteiger partial charge < -0.3 is 19.7 Å². The summed E-state index contributed by atoms with van der Waals surface area (Å²) in [6.45, 7) is 1.03. The van der Waals surface area contributed by atoms with Crippen molar-refractivity contribution in [3.05, 3.63) is 48.0 Å². The van der Waals surface area contributed by atoms with Crippen LogP contribution in [0.2, 0.25) is 0 Å². The van der Waals surface area contributed by atoms with Crippen molar-refractivity contribution >= 4 is 27.5 Å². The number of amidine groups is 1. The zero-order valence-electron chi connectivity index (χ0n) is 16.6. The number of carbonyl (C=O) groups is 1. The Labute approximate surface area is 175 Å². The number of benzene rings is 2. The largest absolute Gasteiger partial charge is 0.454 e. The summed E-state index contributed by atoms with van der Waals surface area (Å²) in [5.74, 6) is 1.83. The van der Waals surface area contributed by atoms with Crippen LogP contribution in [0, 0.1) is 0 Å². The molecule has 0 radical (unpaired) electrons. The summed E-state index contributed by atoms with van der Waals surface area (Å²) in [6, 6.07) is 11.7. The van der Waals surface area contributed by atoms with Gasteiger partial charge in [-0.25, -0.2) is 0 Å². The second-order valence-corrected chi connectivity index (χ2v) is 8.87. The van der Waals surface area contributed by atoms with E-state index in [1.165, 1.54) is 12.1 Å². The van der Waals surface area contributed by atoms with E-state index in [4.69, 9.17) is 9.47 Å². The van der Waals surface area contributed by atoms with Crippen molar-refractivity contribution in [1.29, 1.82) is 0 Å². The first-order chi connectivity index (χ1) is 14.4. The van der Waals surface area contributed by atoms with E-state index in [2.05, 4.69) is 9.71 Å². The lowest BCUT2D eigenvalue weighted by Crippen LogP contribution is -2.20. The van der Waals surface area contributed by atoms with E-state index in [-0.39, 0.29) is 17.6 Å². The number of amides is 1. The lowest BCUT2D eigenvalue weighted by Gasteiger charge is -2.11. The molecule has 0 saturated carbocycles. The molecule has 2 aliphatic heterocycles. The molecule has 4 rings (SSSR count). The van der Waals surface area contributed by atoms with Crippen molar-refractivity contribution in [2.75, 3.05) is 25.7 Å². The Kier molecular flexibility index (Phi) is 5.63. The number of sulfonamides is 1.